The topological polar surface area (TPSA) is 96.5 Å². The fourth-order valence-corrected chi connectivity index (χ4v) is 3.11. The number of carbonyl (C=O) groups excluding carboxylic acids is 1. The first-order valence-corrected chi connectivity index (χ1v) is 8.09. The van der Waals surface area contributed by atoms with Gasteiger partial charge in [-0.3, -0.25) is 9.59 Å². The molecular weight excluding hydrogens is 310 g/mol. The van der Waals surface area contributed by atoms with Gasteiger partial charge in [0.2, 0.25) is 17.6 Å². The Bertz CT molecular complexity index is 797. The smallest absolute Gasteiger partial charge is 0.308 e. The second-order valence-electron chi connectivity index (χ2n) is 6.38. The van der Waals surface area contributed by atoms with E-state index in [1.54, 1.807) is 12.1 Å². The maximum Gasteiger partial charge on any atom is 0.308 e. The highest BCUT2D eigenvalue weighted by Crippen LogP contribution is 2.36. The van der Waals surface area contributed by atoms with Crippen LogP contribution in [0.1, 0.15) is 37.5 Å². The van der Waals surface area contributed by atoms with Crippen molar-refractivity contribution < 1.29 is 19.2 Å². The highest BCUT2D eigenvalue weighted by molar-refractivity contribution is 5.99. The number of carboxylic acids is 1. The van der Waals surface area contributed by atoms with Crippen LogP contribution in [0, 0.1) is 5.92 Å². The Hall–Kier alpha value is -2.70. The first-order valence-electron chi connectivity index (χ1n) is 8.09. The van der Waals surface area contributed by atoms with Crippen molar-refractivity contribution in [1.29, 1.82) is 0 Å². The Morgan fingerprint density at radius 3 is 2.83 bits per heavy atom. The van der Waals surface area contributed by atoms with E-state index in [2.05, 4.69) is 10.1 Å². The lowest BCUT2D eigenvalue weighted by atomic mass is 9.85. The molecule has 1 aliphatic carbocycles. The van der Waals surface area contributed by atoms with Gasteiger partial charge in [0, 0.05) is 30.1 Å². The van der Waals surface area contributed by atoms with Gasteiger partial charge >= 0.3 is 5.97 Å². The minimum Gasteiger partial charge on any atom is -0.481 e. The summed E-state index contributed by atoms with van der Waals surface area (Å²) >= 11 is 0. The summed E-state index contributed by atoms with van der Waals surface area (Å²) < 4.78 is 5.34. The zero-order chi connectivity index (χ0) is 16.7. The second-order valence-corrected chi connectivity index (χ2v) is 6.38. The molecule has 1 N–H and O–H groups in total. The zero-order valence-electron chi connectivity index (χ0n) is 13.0. The summed E-state index contributed by atoms with van der Waals surface area (Å²) in [5.41, 5.74) is 1.42. The van der Waals surface area contributed by atoms with E-state index in [1.165, 1.54) is 11.3 Å². The molecule has 1 amide bonds. The Kier molecular flexibility index (Phi) is 3.55. The second kappa shape index (κ2) is 5.74. The quantitative estimate of drug-likeness (QED) is 0.926. The van der Waals surface area contributed by atoms with E-state index in [1.807, 2.05) is 12.1 Å². The zero-order valence-corrected chi connectivity index (χ0v) is 13.0. The summed E-state index contributed by atoms with van der Waals surface area (Å²) in [5.74, 6) is -0.236. The molecule has 7 heteroatoms. The van der Waals surface area contributed by atoms with Crippen LogP contribution in [0.5, 0.6) is 0 Å². The van der Waals surface area contributed by atoms with E-state index in [0.29, 0.717) is 23.3 Å². The van der Waals surface area contributed by atoms with Crippen LogP contribution in [0.25, 0.3) is 11.4 Å². The number of aromatic nitrogens is 2. The van der Waals surface area contributed by atoms with E-state index in [4.69, 9.17) is 9.63 Å². The molecular formula is C17H17N3O4. The lowest BCUT2D eigenvalue weighted by molar-refractivity contribution is -0.141. The number of benzene rings is 1. The SMILES string of the molecule is O=C(O)[C@@H]1CC(=O)N(c2cccc(-c3noc(C4CCC4)n3)c2)C1. The van der Waals surface area contributed by atoms with Crippen molar-refractivity contribution in [3.05, 3.63) is 30.2 Å². The molecule has 2 heterocycles. The minimum atomic E-state index is -0.940. The summed E-state index contributed by atoms with van der Waals surface area (Å²) in [6.07, 6.45) is 3.40. The van der Waals surface area contributed by atoms with Gasteiger partial charge in [-0.15, -0.1) is 0 Å². The molecule has 0 spiro atoms. The molecule has 124 valence electrons. The van der Waals surface area contributed by atoms with E-state index in [-0.39, 0.29) is 18.9 Å². The summed E-state index contributed by atoms with van der Waals surface area (Å²) in [5, 5.41) is 13.1. The molecule has 0 bridgehead atoms. The number of nitrogens with zero attached hydrogens (tertiary/aromatic N) is 3. The van der Waals surface area contributed by atoms with Gasteiger partial charge in [-0.25, -0.2) is 0 Å². The molecule has 2 aliphatic rings. The molecule has 0 unspecified atom stereocenters. The molecule has 7 nitrogen and oxygen atoms in total. The first kappa shape index (κ1) is 14.9. The van der Waals surface area contributed by atoms with E-state index in [9.17, 15) is 9.59 Å². The first-order chi connectivity index (χ1) is 11.6. The van der Waals surface area contributed by atoms with Gasteiger partial charge < -0.3 is 14.5 Å². The minimum absolute atomic E-state index is 0.0353. The molecule has 2 aromatic rings. The average molecular weight is 327 g/mol. The molecule has 1 atom stereocenters. The maximum absolute atomic E-state index is 12.1. The summed E-state index contributed by atoms with van der Waals surface area (Å²) in [4.78, 5) is 29.2. The highest BCUT2D eigenvalue weighted by Gasteiger charge is 2.35. The highest BCUT2D eigenvalue weighted by atomic mass is 16.5. The number of amides is 1. The summed E-state index contributed by atoms with van der Waals surface area (Å²) in [7, 11) is 0. The molecule has 4 rings (SSSR count). The van der Waals surface area contributed by atoms with Gasteiger partial charge in [0.05, 0.1) is 5.92 Å². The fraction of sp³-hybridized carbons (Fsp3) is 0.412. The van der Waals surface area contributed by atoms with Gasteiger partial charge in [-0.1, -0.05) is 23.7 Å². The van der Waals surface area contributed by atoms with Crippen LogP contribution in [0.2, 0.25) is 0 Å². The van der Waals surface area contributed by atoms with Crippen molar-refractivity contribution in [2.24, 2.45) is 5.92 Å². The summed E-state index contributed by atoms with van der Waals surface area (Å²) in [6.45, 7) is 0.192. The Labute approximate surface area is 138 Å². The monoisotopic (exact) mass is 327 g/mol. The van der Waals surface area contributed by atoms with Crippen LogP contribution >= 0.6 is 0 Å². The van der Waals surface area contributed by atoms with Crippen molar-refractivity contribution in [3.8, 4) is 11.4 Å². The van der Waals surface area contributed by atoms with Crippen LogP contribution in [0.3, 0.4) is 0 Å². The number of carboxylic acid groups (broad SMARTS) is 1. The summed E-state index contributed by atoms with van der Waals surface area (Å²) in [6, 6.07) is 7.26. The van der Waals surface area contributed by atoms with E-state index >= 15 is 0 Å². The molecule has 1 saturated heterocycles. The van der Waals surface area contributed by atoms with Gasteiger partial charge in [-0.2, -0.15) is 4.98 Å². The maximum atomic E-state index is 12.1. The van der Waals surface area contributed by atoms with Crippen molar-refractivity contribution >= 4 is 17.6 Å². The lowest BCUT2D eigenvalue weighted by Gasteiger charge is -2.20. The molecule has 2 fully saturated rings. The molecule has 0 radical (unpaired) electrons. The Morgan fingerprint density at radius 2 is 2.17 bits per heavy atom. The third-order valence-electron chi connectivity index (χ3n) is 4.79. The molecule has 24 heavy (non-hydrogen) atoms. The van der Waals surface area contributed by atoms with Crippen molar-refractivity contribution in [2.45, 2.75) is 31.6 Å². The van der Waals surface area contributed by atoms with Crippen LogP contribution in [0.4, 0.5) is 5.69 Å². The van der Waals surface area contributed by atoms with Gasteiger partial charge in [0.1, 0.15) is 0 Å². The Morgan fingerprint density at radius 1 is 1.33 bits per heavy atom. The van der Waals surface area contributed by atoms with Gasteiger partial charge in [0.15, 0.2) is 0 Å². The molecule has 1 saturated carbocycles. The predicted molar refractivity (Wildman–Crippen MR) is 84.4 cm³/mol. The van der Waals surface area contributed by atoms with E-state index in [0.717, 1.165) is 18.4 Å². The van der Waals surface area contributed by atoms with Crippen molar-refractivity contribution in [1.82, 2.24) is 10.1 Å². The van der Waals surface area contributed by atoms with Crippen LogP contribution < -0.4 is 4.90 Å². The van der Waals surface area contributed by atoms with Gasteiger partial charge in [-0.05, 0) is 25.0 Å². The normalized spacial score (nSPS) is 21.1. The Balaban J connectivity index is 1.58. The molecule has 1 aromatic carbocycles. The number of hydrogen-bond acceptors (Lipinski definition) is 5. The standard InChI is InChI=1S/C17H17N3O4/c21-14-8-12(17(22)23)9-20(14)13-6-2-5-11(7-13)15-18-16(24-19-15)10-3-1-4-10/h2,5-7,10,12H,1,3-4,8-9H2,(H,22,23)/t12-/m1/s1. The predicted octanol–water partition coefficient (Wildman–Crippen LogP) is 2.44. The fourth-order valence-electron chi connectivity index (χ4n) is 3.11. The molecule has 1 aliphatic heterocycles. The van der Waals surface area contributed by atoms with Crippen molar-refractivity contribution in [2.75, 3.05) is 11.4 Å². The number of rotatable bonds is 4. The number of hydrogen-bond donors (Lipinski definition) is 1. The average Bonchev–Trinajstić information content (AvgIpc) is 3.13. The van der Waals surface area contributed by atoms with Crippen LogP contribution in [-0.4, -0.2) is 33.7 Å². The van der Waals surface area contributed by atoms with Gasteiger partial charge in [0.25, 0.3) is 0 Å². The number of carbonyl (C=O) groups is 2. The third-order valence-corrected chi connectivity index (χ3v) is 4.79. The van der Waals surface area contributed by atoms with Crippen LogP contribution in [0.15, 0.2) is 28.8 Å². The van der Waals surface area contributed by atoms with E-state index < -0.39 is 11.9 Å². The largest absolute Gasteiger partial charge is 0.481 e. The van der Waals surface area contributed by atoms with Crippen molar-refractivity contribution in [3.63, 3.8) is 0 Å². The number of anilines is 1. The lowest BCUT2D eigenvalue weighted by Crippen LogP contribution is -2.25. The van der Waals surface area contributed by atoms with Crippen LogP contribution in [-0.2, 0) is 9.59 Å². The third kappa shape index (κ3) is 2.55. The molecule has 1 aromatic heterocycles. The number of aliphatic carboxylic acids is 1.